The second-order valence-electron chi connectivity index (χ2n) is 7.11. The van der Waals surface area contributed by atoms with Gasteiger partial charge in [-0.3, -0.25) is 9.69 Å². The minimum absolute atomic E-state index is 0.246. The van der Waals surface area contributed by atoms with E-state index in [0.717, 1.165) is 57.4 Å². The SMILES string of the molecule is O=C(Nc1ccccc1)c1ccc(N2CCN(CC3CCOC3)CC2)nn1. The van der Waals surface area contributed by atoms with E-state index in [1.54, 1.807) is 6.07 Å². The number of hydrogen-bond donors (Lipinski definition) is 1. The number of carbonyl (C=O) groups is 1. The van der Waals surface area contributed by atoms with Crippen LogP contribution < -0.4 is 10.2 Å². The molecule has 7 nitrogen and oxygen atoms in total. The largest absolute Gasteiger partial charge is 0.381 e. The zero-order chi connectivity index (χ0) is 18.5. The van der Waals surface area contributed by atoms with E-state index in [1.807, 2.05) is 36.4 Å². The summed E-state index contributed by atoms with van der Waals surface area (Å²) in [6, 6.07) is 13.0. The van der Waals surface area contributed by atoms with E-state index in [9.17, 15) is 4.79 Å². The average Bonchev–Trinajstić information content (AvgIpc) is 3.22. The molecule has 2 aliphatic rings. The highest BCUT2D eigenvalue weighted by molar-refractivity contribution is 6.02. The average molecular weight is 367 g/mol. The lowest BCUT2D eigenvalue weighted by atomic mass is 10.1. The Kier molecular flexibility index (Phi) is 5.60. The van der Waals surface area contributed by atoms with E-state index >= 15 is 0 Å². The summed E-state index contributed by atoms with van der Waals surface area (Å²) in [5.74, 6) is 1.26. The number of aromatic nitrogens is 2. The van der Waals surface area contributed by atoms with Gasteiger partial charge in [0.05, 0.1) is 6.61 Å². The summed E-state index contributed by atoms with van der Waals surface area (Å²) >= 11 is 0. The Bertz CT molecular complexity index is 739. The Morgan fingerprint density at radius 1 is 1.07 bits per heavy atom. The molecule has 2 fully saturated rings. The van der Waals surface area contributed by atoms with Crippen molar-refractivity contribution < 1.29 is 9.53 Å². The fraction of sp³-hybridized carbons (Fsp3) is 0.450. The van der Waals surface area contributed by atoms with Crippen molar-refractivity contribution >= 4 is 17.4 Å². The molecule has 4 rings (SSSR count). The molecule has 2 aliphatic heterocycles. The quantitative estimate of drug-likeness (QED) is 0.870. The molecule has 1 aromatic heterocycles. The molecule has 27 heavy (non-hydrogen) atoms. The van der Waals surface area contributed by atoms with E-state index in [4.69, 9.17) is 4.74 Å². The maximum absolute atomic E-state index is 12.3. The number of benzene rings is 1. The van der Waals surface area contributed by atoms with E-state index in [-0.39, 0.29) is 5.91 Å². The Morgan fingerprint density at radius 2 is 1.89 bits per heavy atom. The number of hydrogen-bond acceptors (Lipinski definition) is 6. The lowest BCUT2D eigenvalue weighted by molar-refractivity contribution is 0.102. The predicted octanol–water partition coefficient (Wildman–Crippen LogP) is 1.89. The van der Waals surface area contributed by atoms with Crippen LogP contribution in [0.2, 0.25) is 0 Å². The molecule has 0 aliphatic carbocycles. The number of ether oxygens (including phenoxy) is 1. The molecule has 0 radical (unpaired) electrons. The van der Waals surface area contributed by atoms with Gasteiger partial charge in [-0.05, 0) is 36.6 Å². The summed E-state index contributed by atoms with van der Waals surface area (Å²) in [6.45, 7) is 6.83. The first-order valence-corrected chi connectivity index (χ1v) is 9.53. The lowest BCUT2D eigenvalue weighted by Crippen LogP contribution is -2.48. The van der Waals surface area contributed by atoms with Gasteiger partial charge in [-0.1, -0.05) is 18.2 Å². The first-order chi connectivity index (χ1) is 13.3. The zero-order valence-corrected chi connectivity index (χ0v) is 15.4. The maximum atomic E-state index is 12.3. The van der Waals surface area contributed by atoms with Gasteiger partial charge < -0.3 is 15.0 Å². The second-order valence-corrected chi connectivity index (χ2v) is 7.11. The number of anilines is 2. The molecule has 142 valence electrons. The zero-order valence-electron chi connectivity index (χ0n) is 15.4. The Hall–Kier alpha value is -2.51. The molecular weight excluding hydrogens is 342 g/mol. The third kappa shape index (κ3) is 4.61. The third-order valence-corrected chi connectivity index (χ3v) is 5.15. The fourth-order valence-corrected chi connectivity index (χ4v) is 3.58. The fourth-order valence-electron chi connectivity index (χ4n) is 3.58. The Morgan fingerprint density at radius 3 is 2.56 bits per heavy atom. The van der Waals surface area contributed by atoms with E-state index < -0.39 is 0 Å². The molecule has 0 spiro atoms. The van der Waals surface area contributed by atoms with E-state index in [1.165, 1.54) is 6.42 Å². The van der Waals surface area contributed by atoms with Gasteiger partial charge in [0, 0.05) is 45.0 Å². The van der Waals surface area contributed by atoms with Crippen LogP contribution in [-0.2, 0) is 4.74 Å². The van der Waals surface area contributed by atoms with Gasteiger partial charge >= 0.3 is 0 Å². The molecule has 0 bridgehead atoms. The predicted molar refractivity (Wildman–Crippen MR) is 104 cm³/mol. The number of carbonyl (C=O) groups excluding carboxylic acids is 1. The number of para-hydroxylation sites is 1. The summed E-state index contributed by atoms with van der Waals surface area (Å²) < 4.78 is 5.47. The van der Waals surface area contributed by atoms with E-state index in [0.29, 0.717) is 11.6 Å². The van der Waals surface area contributed by atoms with Gasteiger partial charge in [0.1, 0.15) is 0 Å². The van der Waals surface area contributed by atoms with Crippen LogP contribution in [0.25, 0.3) is 0 Å². The van der Waals surface area contributed by atoms with Crippen molar-refractivity contribution in [2.75, 3.05) is 56.2 Å². The summed E-state index contributed by atoms with van der Waals surface area (Å²) in [4.78, 5) is 17.0. The minimum atomic E-state index is -0.246. The topological polar surface area (TPSA) is 70.6 Å². The molecule has 1 aromatic carbocycles. The van der Waals surface area contributed by atoms with Crippen LogP contribution in [0, 0.1) is 5.92 Å². The maximum Gasteiger partial charge on any atom is 0.276 e. The van der Waals surface area contributed by atoms with Crippen molar-refractivity contribution in [3.05, 3.63) is 48.2 Å². The van der Waals surface area contributed by atoms with Crippen LogP contribution in [-0.4, -0.2) is 66.9 Å². The second kappa shape index (κ2) is 8.45. The highest BCUT2D eigenvalue weighted by atomic mass is 16.5. The van der Waals surface area contributed by atoms with Gasteiger partial charge in [-0.15, -0.1) is 10.2 Å². The molecular formula is C20H25N5O2. The van der Waals surface area contributed by atoms with Crippen LogP contribution in [0.5, 0.6) is 0 Å². The molecule has 2 aromatic rings. The molecule has 2 saturated heterocycles. The summed E-state index contributed by atoms with van der Waals surface area (Å²) in [7, 11) is 0. The standard InChI is InChI=1S/C20H25N5O2/c26-20(21-17-4-2-1-3-5-17)18-6-7-19(23-22-18)25-11-9-24(10-12-25)14-16-8-13-27-15-16/h1-7,16H,8-15H2,(H,21,26). The molecule has 7 heteroatoms. The number of nitrogens with one attached hydrogen (secondary N) is 1. The smallest absolute Gasteiger partial charge is 0.276 e. The summed E-state index contributed by atoms with van der Waals surface area (Å²) in [6.07, 6.45) is 1.18. The van der Waals surface area contributed by atoms with Crippen LogP contribution in [0.3, 0.4) is 0 Å². The van der Waals surface area contributed by atoms with Crippen molar-refractivity contribution in [2.45, 2.75) is 6.42 Å². The first kappa shape index (κ1) is 17.9. The van der Waals surface area contributed by atoms with Crippen molar-refractivity contribution in [1.29, 1.82) is 0 Å². The van der Waals surface area contributed by atoms with Crippen molar-refractivity contribution in [3.63, 3.8) is 0 Å². The summed E-state index contributed by atoms with van der Waals surface area (Å²) in [5.41, 5.74) is 1.07. The molecule has 1 amide bonds. The number of rotatable bonds is 5. The van der Waals surface area contributed by atoms with E-state index in [2.05, 4.69) is 25.3 Å². The normalized spacial score (nSPS) is 20.6. The van der Waals surface area contributed by atoms with Crippen LogP contribution >= 0.6 is 0 Å². The molecule has 0 saturated carbocycles. The Balaban J connectivity index is 1.29. The van der Waals surface area contributed by atoms with Gasteiger partial charge in [0.2, 0.25) is 0 Å². The van der Waals surface area contributed by atoms with Crippen molar-refractivity contribution in [3.8, 4) is 0 Å². The Labute approximate surface area is 159 Å². The minimum Gasteiger partial charge on any atom is -0.381 e. The van der Waals surface area contributed by atoms with Crippen LogP contribution in [0.1, 0.15) is 16.9 Å². The first-order valence-electron chi connectivity index (χ1n) is 9.53. The number of amides is 1. The summed E-state index contributed by atoms with van der Waals surface area (Å²) in [5, 5.41) is 11.2. The number of piperazine rings is 1. The van der Waals surface area contributed by atoms with Gasteiger partial charge in [0.25, 0.3) is 5.91 Å². The van der Waals surface area contributed by atoms with Crippen LogP contribution in [0.4, 0.5) is 11.5 Å². The number of nitrogens with zero attached hydrogens (tertiary/aromatic N) is 4. The van der Waals surface area contributed by atoms with Gasteiger partial charge in [0.15, 0.2) is 11.5 Å². The van der Waals surface area contributed by atoms with Crippen LogP contribution in [0.15, 0.2) is 42.5 Å². The monoisotopic (exact) mass is 367 g/mol. The van der Waals surface area contributed by atoms with Crippen molar-refractivity contribution in [1.82, 2.24) is 15.1 Å². The van der Waals surface area contributed by atoms with Gasteiger partial charge in [-0.25, -0.2) is 0 Å². The molecule has 1 N–H and O–H groups in total. The molecule has 1 unspecified atom stereocenters. The third-order valence-electron chi connectivity index (χ3n) is 5.15. The molecule has 3 heterocycles. The molecule has 1 atom stereocenters. The van der Waals surface area contributed by atoms with Gasteiger partial charge in [-0.2, -0.15) is 0 Å². The highest BCUT2D eigenvalue weighted by Gasteiger charge is 2.23. The highest BCUT2D eigenvalue weighted by Crippen LogP contribution is 2.17. The lowest BCUT2D eigenvalue weighted by Gasteiger charge is -2.36. The van der Waals surface area contributed by atoms with Crippen molar-refractivity contribution in [2.24, 2.45) is 5.92 Å².